The van der Waals surface area contributed by atoms with Gasteiger partial charge >= 0.3 is 5.97 Å². The Morgan fingerprint density at radius 3 is 2.64 bits per heavy atom. The number of aromatic carboxylic acids is 1. The number of aliphatic imine (C=N–C) groups is 1. The summed E-state index contributed by atoms with van der Waals surface area (Å²) >= 11 is 0. The fraction of sp³-hybridized carbons (Fsp3) is 0.235. The van der Waals surface area contributed by atoms with Crippen LogP contribution in [0.3, 0.4) is 0 Å². The van der Waals surface area contributed by atoms with Crippen molar-refractivity contribution in [2.24, 2.45) is 4.99 Å². The van der Waals surface area contributed by atoms with Crippen molar-refractivity contribution in [1.29, 1.82) is 0 Å². The lowest BCUT2D eigenvalue weighted by Gasteiger charge is -2.06. The molecular weight excluding hydrogens is 282 g/mol. The summed E-state index contributed by atoms with van der Waals surface area (Å²) in [7, 11) is 1.38. The van der Waals surface area contributed by atoms with Crippen molar-refractivity contribution < 1.29 is 19.4 Å². The SMILES string of the molecule is C=C(OC)C(=O)/C(C=Nc1cccc(C(=O)O)c1C)=C\CC. The highest BCUT2D eigenvalue weighted by molar-refractivity contribution is 6.20. The van der Waals surface area contributed by atoms with Gasteiger partial charge in [-0.25, -0.2) is 4.79 Å². The predicted molar refractivity (Wildman–Crippen MR) is 85.8 cm³/mol. The number of Topliss-reactive ketones (excluding diaryl/α,β-unsaturated/α-hetero) is 1. The first kappa shape index (κ1) is 17.4. The third-order valence-corrected chi connectivity index (χ3v) is 3.06. The molecule has 0 atom stereocenters. The molecule has 0 bridgehead atoms. The monoisotopic (exact) mass is 301 g/mol. The second kappa shape index (κ2) is 7.93. The standard InChI is InChI=1S/C17H19NO4/c1-5-7-13(16(19)12(3)22-4)10-18-15-9-6-8-14(11(15)2)17(20)21/h6-10H,3,5H2,1-2,4H3,(H,20,21)/b13-7-,18-10?. The van der Waals surface area contributed by atoms with Gasteiger partial charge in [0.05, 0.1) is 18.4 Å². The molecule has 116 valence electrons. The highest BCUT2D eigenvalue weighted by Gasteiger charge is 2.13. The van der Waals surface area contributed by atoms with E-state index in [4.69, 9.17) is 9.84 Å². The number of methoxy groups -OCH3 is 1. The van der Waals surface area contributed by atoms with Gasteiger partial charge in [-0.3, -0.25) is 9.79 Å². The summed E-state index contributed by atoms with van der Waals surface area (Å²) in [5, 5.41) is 9.10. The zero-order valence-electron chi connectivity index (χ0n) is 12.9. The van der Waals surface area contributed by atoms with Crippen molar-refractivity contribution in [2.75, 3.05) is 7.11 Å². The summed E-state index contributed by atoms with van der Waals surface area (Å²) < 4.78 is 4.84. The van der Waals surface area contributed by atoms with Gasteiger partial charge in [-0.2, -0.15) is 0 Å². The lowest BCUT2D eigenvalue weighted by molar-refractivity contribution is -0.114. The summed E-state index contributed by atoms with van der Waals surface area (Å²) in [6.45, 7) is 7.11. The van der Waals surface area contributed by atoms with Crippen LogP contribution in [0.15, 0.2) is 47.2 Å². The molecule has 5 heteroatoms. The molecule has 0 aliphatic carbocycles. The van der Waals surface area contributed by atoms with E-state index in [9.17, 15) is 9.59 Å². The van der Waals surface area contributed by atoms with Crippen LogP contribution in [0.1, 0.15) is 29.3 Å². The largest absolute Gasteiger partial charge is 0.493 e. The van der Waals surface area contributed by atoms with Gasteiger partial charge < -0.3 is 9.84 Å². The molecule has 1 aromatic carbocycles. The van der Waals surface area contributed by atoms with Crippen LogP contribution < -0.4 is 0 Å². The molecule has 0 amide bonds. The van der Waals surface area contributed by atoms with E-state index in [1.165, 1.54) is 19.4 Å². The van der Waals surface area contributed by atoms with Crippen molar-refractivity contribution in [2.45, 2.75) is 20.3 Å². The van der Waals surface area contributed by atoms with Crippen LogP contribution in [0, 0.1) is 6.92 Å². The Morgan fingerprint density at radius 1 is 1.41 bits per heavy atom. The average Bonchev–Trinajstić information content (AvgIpc) is 2.50. The minimum Gasteiger partial charge on any atom is -0.493 e. The lowest BCUT2D eigenvalue weighted by atomic mass is 10.1. The van der Waals surface area contributed by atoms with Gasteiger partial charge in [0.2, 0.25) is 5.78 Å². The van der Waals surface area contributed by atoms with Gasteiger partial charge in [0.1, 0.15) is 0 Å². The molecule has 0 aromatic heterocycles. The van der Waals surface area contributed by atoms with Crippen molar-refractivity contribution in [1.82, 2.24) is 0 Å². The maximum Gasteiger partial charge on any atom is 0.336 e. The molecule has 22 heavy (non-hydrogen) atoms. The molecule has 0 aliphatic heterocycles. The first-order valence-corrected chi connectivity index (χ1v) is 6.77. The number of rotatable bonds is 7. The number of carbonyl (C=O) groups is 2. The van der Waals surface area contributed by atoms with E-state index in [1.807, 2.05) is 6.92 Å². The minimum absolute atomic E-state index is 0.0298. The predicted octanol–water partition coefficient (Wildman–Crippen LogP) is 3.46. The molecule has 1 N–H and O–H groups in total. The number of hydrogen-bond acceptors (Lipinski definition) is 4. The molecule has 0 fully saturated rings. The number of carbonyl (C=O) groups excluding carboxylic acids is 1. The number of nitrogens with zero attached hydrogens (tertiary/aromatic N) is 1. The number of carboxylic acids is 1. The molecular formula is C17H19NO4. The maximum atomic E-state index is 12.1. The average molecular weight is 301 g/mol. The third kappa shape index (κ3) is 4.15. The summed E-state index contributed by atoms with van der Waals surface area (Å²) in [5.74, 6) is -1.33. The summed E-state index contributed by atoms with van der Waals surface area (Å²) in [5.41, 5.74) is 1.58. The summed E-state index contributed by atoms with van der Waals surface area (Å²) in [6.07, 6.45) is 3.77. The molecule has 0 unspecified atom stereocenters. The molecule has 0 saturated carbocycles. The van der Waals surface area contributed by atoms with Crippen LogP contribution >= 0.6 is 0 Å². The first-order valence-electron chi connectivity index (χ1n) is 6.77. The number of allylic oxidation sites excluding steroid dienone is 2. The van der Waals surface area contributed by atoms with Crippen molar-refractivity contribution >= 4 is 23.7 Å². The Bertz CT molecular complexity index is 657. The zero-order chi connectivity index (χ0) is 16.7. The number of benzene rings is 1. The van der Waals surface area contributed by atoms with Crippen molar-refractivity contribution in [3.05, 3.63) is 53.3 Å². The molecule has 1 aromatic rings. The Morgan fingerprint density at radius 2 is 2.09 bits per heavy atom. The first-order chi connectivity index (χ1) is 10.4. The van der Waals surface area contributed by atoms with E-state index < -0.39 is 5.97 Å². The van der Waals surface area contributed by atoms with E-state index in [1.54, 1.807) is 25.1 Å². The fourth-order valence-corrected chi connectivity index (χ4v) is 1.81. The third-order valence-electron chi connectivity index (χ3n) is 3.06. The Kier molecular flexibility index (Phi) is 6.25. The van der Waals surface area contributed by atoms with Gasteiger partial charge in [-0.1, -0.05) is 25.6 Å². The molecule has 0 saturated heterocycles. The smallest absolute Gasteiger partial charge is 0.336 e. The van der Waals surface area contributed by atoms with Crippen molar-refractivity contribution in [3.63, 3.8) is 0 Å². The Balaban J connectivity index is 3.15. The summed E-state index contributed by atoms with van der Waals surface area (Å²) in [4.78, 5) is 27.4. The Labute approximate surface area is 129 Å². The number of ether oxygens (including phenoxy) is 1. The summed E-state index contributed by atoms with van der Waals surface area (Å²) in [6, 6.07) is 4.82. The zero-order valence-corrected chi connectivity index (χ0v) is 12.9. The maximum absolute atomic E-state index is 12.1. The number of carboxylic acid groups (broad SMARTS) is 1. The van der Waals surface area contributed by atoms with Gasteiger partial charge in [-0.15, -0.1) is 0 Å². The van der Waals surface area contributed by atoms with Crippen molar-refractivity contribution in [3.8, 4) is 0 Å². The second-order valence-corrected chi connectivity index (χ2v) is 4.54. The minimum atomic E-state index is -1.01. The van der Waals surface area contributed by atoms with Gasteiger partial charge in [0.25, 0.3) is 0 Å². The van der Waals surface area contributed by atoms with Gasteiger partial charge in [0, 0.05) is 11.8 Å². The molecule has 0 aliphatic rings. The molecule has 0 spiro atoms. The highest BCUT2D eigenvalue weighted by Crippen LogP contribution is 2.22. The van der Waals surface area contributed by atoms with E-state index in [2.05, 4.69) is 11.6 Å². The highest BCUT2D eigenvalue weighted by atomic mass is 16.5. The number of hydrogen-bond donors (Lipinski definition) is 1. The second-order valence-electron chi connectivity index (χ2n) is 4.54. The van der Waals surface area contributed by atoms with E-state index in [0.717, 1.165) is 0 Å². The van der Waals surface area contributed by atoms with E-state index in [0.29, 0.717) is 23.2 Å². The van der Waals surface area contributed by atoms with Crippen LogP contribution in [0.5, 0.6) is 0 Å². The lowest BCUT2D eigenvalue weighted by Crippen LogP contribution is -2.08. The molecule has 1 rings (SSSR count). The van der Waals surface area contributed by atoms with E-state index >= 15 is 0 Å². The van der Waals surface area contributed by atoms with Crippen LogP contribution in [0.25, 0.3) is 0 Å². The topological polar surface area (TPSA) is 76.0 Å². The molecule has 0 radical (unpaired) electrons. The van der Waals surface area contributed by atoms with Crippen LogP contribution in [-0.4, -0.2) is 30.2 Å². The van der Waals surface area contributed by atoms with E-state index in [-0.39, 0.29) is 17.1 Å². The van der Waals surface area contributed by atoms with Crippen LogP contribution in [0.4, 0.5) is 5.69 Å². The number of ketones is 1. The normalized spacial score (nSPS) is 11.5. The van der Waals surface area contributed by atoms with Gasteiger partial charge in [-0.05, 0) is 31.0 Å². The van der Waals surface area contributed by atoms with Gasteiger partial charge in [0.15, 0.2) is 5.76 Å². The van der Waals surface area contributed by atoms with Crippen LogP contribution in [-0.2, 0) is 9.53 Å². The molecule has 5 nitrogen and oxygen atoms in total. The molecule has 0 heterocycles. The quantitative estimate of drug-likeness (QED) is 0.475. The fourth-order valence-electron chi connectivity index (χ4n) is 1.81. The Hall–Kier alpha value is -2.69. The van der Waals surface area contributed by atoms with Crippen LogP contribution in [0.2, 0.25) is 0 Å².